The zero-order valence-corrected chi connectivity index (χ0v) is 16.0. The fourth-order valence-corrected chi connectivity index (χ4v) is 2.85. The largest absolute Gasteiger partial charge is 0.345 e. The molecule has 0 unspecified atom stereocenters. The summed E-state index contributed by atoms with van der Waals surface area (Å²) < 4.78 is 6.37. The van der Waals surface area contributed by atoms with Crippen LogP contribution in [0.4, 0.5) is 0 Å². The van der Waals surface area contributed by atoms with Crippen molar-refractivity contribution >= 4 is 21.8 Å². The summed E-state index contributed by atoms with van der Waals surface area (Å²) in [5, 5.41) is 15.8. The molecule has 25 heavy (non-hydrogen) atoms. The molecule has 3 aromatic rings. The first kappa shape index (κ1) is 17.4. The smallest absolute Gasteiger partial charge is 0.272 e. The molecule has 3 rings (SSSR count). The van der Waals surface area contributed by atoms with Crippen LogP contribution < -0.4 is 5.32 Å². The molecule has 0 aromatic carbocycles. The molecule has 0 aliphatic rings. The lowest BCUT2D eigenvalue weighted by Gasteiger charge is -2.06. The third-order valence-corrected chi connectivity index (χ3v) is 5.13. The highest BCUT2D eigenvalue weighted by molar-refractivity contribution is 9.10. The quantitative estimate of drug-likeness (QED) is 0.680. The summed E-state index contributed by atoms with van der Waals surface area (Å²) in [4.78, 5) is 12.3. The van der Waals surface area contributed by atoms with E-state index in [4.69, 9.17) is 0 Å². The number of carbonyl (C=O) groups is 1. The Morgan fingerprint density at radius 3 is 2.72 bits per heavy atom. The lowest BCUT2D eigenvalue weighted by atomic mass is 10.3. The lowest BCUT2D eigenvalue weighted by molar-refractivity contribution is 0.0944. The zero-order valence-electron chi connectivity index (χ0n) is 14.4. The molecule has 0 atom stereocenters. The Hall–Kier alpha value is -2.42. The number of hydrogen-bond donors (Lipinski definition) is 1. The van der Waals surface area contributed by atoms with Crippen molar-refractivity contribution < 1.29 is 4.79 Å². The van der Waals surface area contributed by atoms with Crippen LogP contribution in [0.3, 0.4) is 0 Å². The van der Waals surface area contributed by atoms with Crippen molar-refractivity contribution in [3.05, 3.63) is 51.8 Å². The van der Waals surface area contributed by atoms with Gasteiger partial charge in [-0.15, -0.1) is 0 Å². The van der Waals surface area contributed by atoms with E-state index >= 15 is 0 Å². The van der Waals surface area contributed by atoms with Gasteiger partial charge in [-0.3, -0.25) is 14.2 Å². The Kier molecular flexibility index (Phi) is 5.03. The number of amides is 1. The zero-order chi connectivity index (χ0) is 18.0. The molecule has 8 nitrogen and oxygen atoms in total. The fourth-order valence-electron chi connectivity index (χ4n) is 2.57. The number of aromatic nitrogens is 6. The van der Waals surface area contributed by atoms with Gasteiger partial charge in [-0.2, -0.15) is 15.3 Å². The molecule has 1 amide bonds. The van der Waals surface area contributed by atoms with Gasteiger partial charge in [0.1, 0.15) is 12.4 Å². The average molecular weight is 406 g/mol. The van der Waals surface area contributed by atoms with Crippen LogP contribution in [0.5, 0.6) is 0 Å². The van der Waals surface area contributed by atoms with Gasteiger partial charge >= 0.3 is 0 Å². The molecular formula is C16H20BrN7O. The van der Waals surface area contributed by atoms with Gasteiger partial charge in [-0.1, -0.05) is 0 Å². The highest BCUT2D eigenvalue weighted by Crippen LogP contribution is 2.19. The topological polar surface area (TPSA) is 82.6 Å². The first-order chi connectivity index (χ1) is 12.0. The predicted molar refractivity (Wildman–Crippen MR) is 96.1 cm³/mol. The predicted octanol–water partition coefficient (Wildman–Crippen LogP) is 2.11. The maximum Gasteiger partial charge on any atom is 0.272 e. The van der Waals surface area contributed by atoms with Crippen LogP contribution in [0.15, 0.2) is 29.0 Å². The summed E-state index contributed by atoms with van der Waals surface area (Å²) in [6, 6.07) is 3.59. The van der Waals surface area contributed by atoms with E-state index in [-0.39, 0.29) is 5.91 Å². The molecule has 132 valence electrons. The van der Waals surface area contributed by atoms with Crippen molar-refractivity contribution in [2.75, 3.05) is 0 Å². The van der Waals surface area contributed by atoms with Gasteiger partial charge in [0.15, 0.2) is 0 Å². The Labute approximate surface area is 154 Å². The van der Waals surface area contributed by atoms with Crippen molar-refractivity contribution in [2.24, 2.45) is 0 Å². The molecule has 0 saturated carbocycles. The number of nitrogens with zero attached hydrogens (tertiary/aromatic N) is 6. The van der Waals surface area contributed by atoms with Crippen LogP contribution in [-0.2, 0) is 19.8 Å². The van der Waals surface area contributed by atoms with E-state index in [1.54, 1.807) is 23.1 Å². The van der Waals surface area contributed by atoms with Crippen molar-refractivity contribution in [1.82, 2.24) is 34.7 Å². The lowest BCUT2D eigenvalue weighted by Crippen LogP contribution is -2.25. The van der Waals surface area contributed by atoms with Crippen LogP contribution in [0, 0.1) is 13.8 Å². The number of aryl methyl sites for hydroxylation is 2. The van der Waals surface area contributed by atoms with Gasteiger partial charge in [0.05, 0.1) is 28.1 Å². The van der Waals surface area contributed by atoms with Gasteiger partial charge in [0.2, 0.25) is 0 Å². The standard InChI is InChI=1S/C16H20BrN7O/c1-4-23-13(5-7-19-23)9-18-16(25)14-6-8-22(21-14)10-24-12(3)15(17)11(2)20-24/h5-8H,4,9-10H2,1-3H3,(H,18,25). The van der Waals surface area contributed by atoms with Gasteiger partial charge in [-0.05, 0) is 48.8 Å². The van der Waals surface area contributed by atoms with Crippen molar-refractivity contribution in [3.63, 3.8) is 0 Å². The summed E-state index contributed by atoms with van der Waals surface area (Å²) in [5.41, 5.74) is 3.29. The normalized spacial score (nSPS) is 11.0. The molecule has 3 heterocycles. The van der Waals surface area contributed by atoms with Crippen LogP contribution in [0.1, 0.15) is 34.5 Å². The first-order valence-electron chi connectivity index (χ1n) is 8.01. The highest BCUT2D eigenvalue weighted by Gasteiger charge is 2.13. The third kappa shape index (κ3) is 3.65. The van der Waals surface area contributed by atoms with Gasteiger partial charge in [0, 0.05) is 18.9 Å². The van der Waals surface area contributed by atoms with E-state index < -0.39 is 0 Å². The van der Waals surface area contributed by atoms with E-state index in [2.05, 4.69) is 36.5 Å². The molecule has 0 fully saturated rings. The maximum absolute atomic E-state index is 12.3. The molecule has 0 radical (unpaired) electrons. The van der Waals surface area contributed by atoms with E-state index in [0.717, 1.165) is 28.1 Å². The van der Waals surface area contributed by atoms with Crippen LogP contribution in [0.25, 0.3) is 0 Å². The molecule has 3 aromatic heterocycles. The van der Waals surface area contributed by atoms with Gasteiger partial charge in [-0.25, -0.2) is 4.68 Å². The third-order valence-electron chi connectivity index (χ3n) is 3.98. The number of carbonyl (C=O) groups excluding carboxylic acids is 1. The molecule has 0 aliphatic heterocycles. The molecule has 9 heteroatoms. The minimum absolute atomic E-state index is 0.211. The number of halogens is 1. The summed E-state index contributed by atoms with van der Waals surface area (Å²) in [6.45, 7) is 7.58. The molecule has 0 saturated heterocycles. The second-order valence-electron chi connectivity index (χ2n) is 5.69. The van der Waals surface area contributed by atoms with Crippen molar-refractivity contribution in [3.8, 4) is 0 Å². The summed E-state index contributed by atoms with van der Waals surface area (Å²) in [6.07, 6.45) is 3.50. The number of rotatable bonds is 6. The summed E-state index contributed by atoms with van der Waals surface area (Å²) in [7, 11) is 0. The minimum atomic E-state index is -0.211. The maximum atomic E-state index is 12.3. The Morgan fingerprint density at radius 1 is 1.24 bits per heavy atom. The van der Waals surface area contributed by atoms with E-state index in [9.17, 15) is 4.79 Å². The van der Waals surface area contributed by atoms with Crippen molar-refractivity contribution in [2.45, 2.75) is 40.5 Å². The van der Waals surface area contributed by atoms with Gasteiger partial charge < -0.3 is 5.32 Å². The molecule has 0 spiro atoms. The van der Waals surface area contributed by atoms with Gasteiger partial charge in [0.25, 0.3) is 5.91 Å². The average Bonchev–Trinajstić information content (AvgIpc) is 3.30. The van der Waals surface area contributed by atoms with Crippen molar-refractivity contribution in [1.29, 1.82) is 0 Å². The second-order valence-corrected chi connectivity index (χ2v) is 6.48. The SMILES string of the molecule is CCn1nccc1CNC(=O)c1ccn(Cn2nc(C)c(Br)c2C)n1. The molecular weight excluding hydrogens is 386 g/mol. The fraction of sp³-hybridized carbons (Fsp3) is 0.375. The monoisotopic (exact) mass is 405 g/mol. The summed E-state index contributed by atoms with van der Waals surface area (Å²) >= 11 is 3.51. The minimum Gasteiger partial charge on any atom is -0.345 e. The second kappa shape index (κ2) is 7.22. The molecule has 0 bridgehead atoms. The van der Waals surface area contributed by atoms with E-state index in [1.165, 1.54) is 0 Å². The van der Waals surface area contributed by atoms with Crippen LogP contribution in [0.2, 0.25) is 0 Å². The van der Waals surface area contributed by atoms with E-state index in [1.807, 2.05) is 36.2 Å². The first-order valence-corrected chi connectivity index (χ1v) is 8.80. The summed E-state index contributed by atoms with van der Waals surface area (Å²) in [5.74, 6) is -0.211. The Balaban J connectivity index is 1.64. The Morgan fingerprint density at radius 2 is 2.04 bits per heavy atom. The molecule has 1 N–H and O–H groups in total. The van der Waals surface area contributed by atoms with E-state index in [0.29, 0.717) is 18.9 Å². The highest BCUT2D eigenvalue weighted by atomic mass is 79.9. The van der Waals surface area contributed by atoms with Crippen LogP contribution in [-0.4, -0.2) is 35.2 Å². The van der Waals surface area contributed by atoms with Crippen LogP contribution >= 0.6 is 15.9 Å². The number of nitrogens with one attached hydrogen (secondary N) is 1. The Bertz CT molecular complexity index is 892. The molecule has 0 aliphatic carbocycles. The number of hydrogen-bond acceptors (Lipinski definition) is 4.